The monoisotopic (exact) mass is 294 g/mol. The highest BCUT2D eigenvalue weighted by atomic mass is 16.4. The van der Waals surface area contributed by atoms with Crippen molar-refractivity contribution in [3.8, 4) is 0 Å². The second-order valence-corrected chi connectivity index (χ2v) is 5.73. The molecule has 2 aliphatic rings. The number of hydrogen-bond donors (Lipinski definition) is 3. The van der Waals surface area contributed by atoms with E-state index in [4.69, 9.17) is 0 Å². The van der Waals surface area contributed by atoms with E-state index in [2.05, 4.69) is 10.6 Å². The summed E-state index contributed by atoms with van der Waals surface area (Å²) < 4.78 is 0. The van der Waals surface area contributed by atoms with Gasteiger partial charge in [-0.1, -0.05) is 19.1 Å². The van der Waals surface area contributed by atoms with E-state index < -0.39 is 17.8 Å². The van der Waals surface area contributed by atoms with E-state index in [9.17, 15) is 19.5 Å². The maximum absolute atomic E-state index is 12.2. The van der Waals surface area contributed by atoms with Gasteiger partial charge < -0.3 is 15.7 Å². The van der Waals surface area contributed by atoms with E-state index in [1.807, 2.05) is 19.1 Å². The van der Waals surface area contributed by atoms with Crippen LogP contribution in [-0.2, 0) is 14.4 Å². The first-order chi connectivity index (χ1) is 10.0. The fourth-order valence-corrected chi connectivity index (χ4v) is 3.29. The summed E-state index contributed by atoms with van der Waals surface area (Å²) in [7, 11) is 0. The second-order valence-electron chi connectivity index (χ2n) is 5.73. The molecular formula is C15H22N2O4. The molecule has 1 saturated carbocycles. The summed E-state index contributed by atoms with van der Waals surface area (Å²) in [6.45, 7) is 2.85. The van der Waals surface area contributed by atoms with Crippen LogP contribution in [0.3, 0.4) is 0 Å². The zero-order chi connectivity index (χ0) is 15.4. The average molecular weight is 294 g/mol. The molecule has 1 fully saturated rings. The summed E-state index contributed by atoms with van der Waals surface area (Å²) in [5, 5.41) is 14.7. The van der Waals surface area contributed by atoms with Crippen molar-refractivity contribution in [2.24, 2.45) is 23.7 Å². The lowest BCUT2D eigenvalue weighted by atomic mass is 9.82. The van der Waals surface area contributed by atoms with E-state index in [0.717, 1.165) is 12.8 Å². The summed E-state index contributed by atoms with van der Waals surface area (Å²) in [5.74, 6) is -2.40. The molecule has 2 unspecified atom stereocenters. The standard InChI is InChI=1S/C15H22N2O4/c1-2-6-16-11(18)5-7-17-14(19)12-9-3-4-10(8-9)13(12)15(20)21/h3-4,9-10,12-13H,2,5-8H2,1H3,(H,16,18)(H,17,19)(H,20,21)/t9?,10?,12-,13+/m0/s1. The number of aliphatic carboxylic acids is 1. The van der Waals surface area contributed by atoms with Gasteiger partial charge in [0.15, 0.2) is 0 Å². The Hall–Kier alpha value is -1.85. The zero-order valence-electron chi connectivity index (χ0n) is 12.2. The van der Waals surface area contributed by atoms with Crippen LogP contribution in [0.5, 0.6) is 0 Å². The van der Waals surface area contributed by atoms with Crippen LogP contribution < -0.4 is 10.6 Å². The van der Waals surface area contributed by atoms with Gasteiger partial charge in [-0.05, 0) is 24.7 Å². The van der Waals surface area contributed by atoms with Crippen LogP contribution in [0.15, 0.2) is 12.2 Å². The Morgan fingerprint density at radius 3 is 2.38 bits per heavy atom. The molecule has 0 aromatic rings. The Bertz CT molecular complexity index is 461. The summed E-state index contributed by atoms with van der Waals surface area (Å²) in [6, 6.07) is 0. The molecule has 21 heavy (non-hydrogen) atoms. The molecule has 2 bridgehead atoms. The van der Waals surface area contributed by atoms with Gasteiger partial charge in [0.2, 0.25) is 11.8 Å². The first-order valence-electron chi connectivity index (χ1n) is 7.50. The lowest BCUT2D eigenvalue weighted by molar-refractivity contribution is -0.147. The smallest absolute Gasteiger partial charge is 0.307 e. The topological polar surface area (TPSA) is 95.5 Å². The van der Waals surface area contributed by atoms with Crippen LogP contribution in [0.1, 0.15) is 26.2 Å². The van der Waals surface area contributed by atoms with Crippen molar-refractivity contribution < 1.29 is 19.5 Å². The van der Waals surface area contributed by atoms with Crippen molar-refractivity contribution in [2.45, 2.75) is 26.2 Å². The highest BCUT2D eigenvalue weighted by Crippen LogP contribution is 2.48. The predicted molar refractivity (Wildman–Crippen MR) is 76.3 cm³/mol. The average Bonchev–Trinajstić information content (AvgIpc) is 3.05. The fraction of sp³-hybridized carbons (Fsp3) is 0.667. The van der Waals surface area contributed by atoms with Crippen LogP contribution in [0.2, 0.25) is 0 Å². The van der Waals surface area contributed by atoms with Crippen molar-refractivity contribution in [1.29, 1.82) is 0 Å². The first-order valence-corrected chi connectivity index (χ1v) is 7.50. The molecule has 6 nitrogen and oxygen atoms in total. The number of amides is 2. The summed E-state index contributed by atoms with van der Waals surface area (Å²) in [4.78, 5) is 35.0. The molecule has 0 aromatic heterocycles. The third-order valence-corrected chi connectivity index (χ3v) is 4.27. The van der Waals surface area contributed by atoms with Gasteiger partial charge in [-0.3, -0.25) is 14.4 Å². The number of nitrogens with one attached hydrogen (secondary N) is 2. The Balaban J connectivity index is 1.82. The number of carbonyl (C=O) groups excluding carboxylic acids is 2. The number of allylic oxidation sites excluding steroid dienone is 2. The van der Waals surface area contributed by atoms with Crippen LogP contribution in [-0.4, -0.2) is 36.0 Å². The lowest BCUT2D eigenvalue weighted by Crippen LogP contribution is -2.41. The number of carbonyl (C=O) groups is 3. The number of carboxylic acids is 1. The van der Waals surface area contributed by atoms with Gasteiger partial charge in [0, 0.05) is 19.5 Å². The van der Waals surface area contributed by atoms with Gasteiger partial charge in [-0.25, -0.2) is 0 Å². The molecule has 0 radical (unpaired) electrons. The van der Waals surface area contributed by atoms with Crippen LogP contribution >= 0.6 is 0 Å². The maximum Gasteiger partial charge on any atom is 0.307 e. The molecular weight excluding hydrogens is 272 g/mol. The molecule has 2 rings (SSSR count). The molecule has 0 saturated heterocycles. The molecule has 116 valence electrons. The normalized spacial score (nSPS) is 29.4. The number of carboxylic acid groups (broad SMARTS) is 1. The highest BCUT2D eigenvalue weighted by Gasteiger charge is 2.51. The van der Waals surface area contributed by atoms with Crippen LogP contribution in [0.4, 0.5) is 0 Å². The molecule has 0 heterocycles. The minimum atomic E-state index is -0.910. The van der Waals surface area contributed by atoms with Gasteiger partial charge in [0.1, 0.15) is 0 Å². The minimum absolute atomic E-state index is 0.0185. The summed E-state index contributed by atoms with van der Waals surface area (Å²) in [6.07, 6.45) is 5.69. The van der Waals surface area contributed by atoms with Crippen molar-refractivity contribution >= 4 is 17.8 Å². The lowest BCUT2D eigenvalue weighted by Gasteiger charge is -2.23. The quantitative estimate of drug-likeness (QED) is 0.597. The van der Waals surface area contributed by atoms with Gasteiger partial charge in [-0.2, -0.15) is 0 Å². The Kier molecular flexibility index (Phi) is 4.98. The van der Waals surface area contributed by atoms with Crippen molar-refractivity contribution in [2.75, 3.05) is 13.1 Å². The Morgan fingerprint density at radius 2 is 1.76 bits per heavy atom. The van der Waals surface area contributed by atoms with Crippen molar-refractivity contribution in [3.63, 3.8) is 0 Å². The van der Waals surface area contributed by atoms with E-state index >= 15 is 0 Å². The SMILES string of the molecule is CCCNC(=O)CCNC(=O)[C@H]1C2C=CC(C2)[C@H]1C(=O)O. The Morgan fingerprint density at radius 1 is 1.10 bits per heavy atom. The van der Waals surface area contributed by atoms with Gasteiger partial charge >= 0.3 is 5.97 Å². The largest absolute Gasteiger partial charge is 0.481 e. The van der Waals surface area contributed by atoms with Gasteiger partial charge in [0.25, 0.3) is 0 Å². The van der Waals surface area contributed by atoms with E-state index in [0.29, 0.717) is 6.54 Å². The molecule has 2 amide bonds. The molecule has 4 atom stereocenters. The van der Waals surface area contributed by atoms with Gasteiger partial charge in [-0.15, -0.1) is 0 Å². The van der Waals surface area contributed by atoms with Crippen LogP contribution in [0, 0.1) is 23.7 Å². The summed E-state index contributed by atoms with van der Waals surface area (Å²) in [5.41, 5.74) is 0. The fourth-order valence-electron chi connectivity index (χ4n) is 3.29. The zero-order valence-corrected chi connectivity index (χ0v) is 12.2. The number of fused-ring (bicyclic) bond motifs is 2. The highest BCUT2D eigenvalue weighted by molar-refractivity contribution is 5.87. The summed E-state index contributed by atoms with van der Waals surface area (Å²) >= 11 is 0. The maximum atomic E-state index is 12.2. The number of hydrogen-bond acceptors (Lipinski definition) is 3. The van der Waals surface area contributed by atoms with E-state index in [1.165, 1.54) is 0 Å². The molecule has 0 aromatic carbocycles. The molecule has 0 spiro atoms. The van der Waals surface area contributed by atoms with E-state index in [-0.39, 0.29) is 36.6 Å². The van der Waals surface area contributed by atoms with Crippen molar-refractivity contribution in [1.82, 2.24) is 10.6 Å². The second kappa shape index (κ2) is 6.74. The first kappa shape index (κ1) is 15.5. The third kappa shape index (κ3) is 3.43. The molecule has 3 N–H and O–H groups in total. The molecule has 6 heteroatoms. The predicted octanol–water partition coefficient (Wildman–Crippen LogP) is 0.542. The number of rotatable bonds is 7. The van der Waals surface area contributed by atoms with Crippen LogP contribution in [0.25, 0.3) is 0 Å². The molecule has 0 aliphatic heterocycles. The third-order valence-electron chi connectivity index (χ3n) is 4.27. The van der Waals surface area contributed by atoms with Crippen molar-refractivity contribution in [3.05, 3.63) is 12.2 Å². The molecule has 2 aliphatic carbocycles. The Labute approximate surface area is 124 Å². The van der Waals surface area contributed by atoms with E-state index in [1.54, 1.807) is 0 Å². The van der Waals surface area contributed by atoms with Gasteiger partial charge in [0.05, 0.1) is 11.8 Å². The minimum Gasteiger partial charge on any atom is -0.481 e.